The van der Waals surface area contributed by atoms with Gasteiger partial charge in [-0.15, -0.1) is 0 Å². The van der Waals surface area contributed by atoms with E-state index in [0.29, 0.717) is 22.9 Å². The molecule has 0 fully saturated rings. The number of fused-ring (bicyclic) bond motifs is 2. The molecule has 6 aromatic rings. The maximum Gasteiger partial charge on any atom is 0.202 e. The molecule has 0 radical (unpaired) electrons. The first-order valence-electron chi connectivity index (χ1n) is 9.98. The van der Waals surface area contributed by atoms with Gasteiger partial charge in [-0.25, -0.2) is 4.98 Å². The zero-order valence-corrected chi connectivity index (χ0v) is 18.5. The molecule has 4 aromatic heterocycles. The lowest BCUT2D eigenvalue weighted by Crippen LogP contribution is -1.85. The predicted octanol–water partition coefficient (Wildman–Crippen LogP) is 6.94. The zero-order chi connectivity index (χ0) is 21.7. The third-order valence-electron chi connectivity index (χ3n) is 5.50. The van der Waals surface area contributed by atoms with Crippen molar-refractivity contribution in [3.63, 3.8) is 0 Å². The van der Waals surface area contributed by atoms with Crippen LogP contribution < -0.4 is 4.74 Å². The number of hydrogen-bond donors (Lipinski definition) is 0. The second kappa shape index (κ2) is 7.39. The van der Waals surface area contributed by atoms with Gasteiger partial charge in [-0.1, -0.05) is 35.5 Å². The summed E-state index contributed by atoms with van der Waals surface area (Å²) < 4.78 is 19.2. The topological polar surface area (TPSA) is 66.2 Å². The monoisotopic (exact) mass is 485 g/mol. The molecule has 0 amide bonds. The average Bonchev–Trinajstić information content (AvgIpc) is 3.57. The molecule has 6 rings (SSSR count). The van der Waals surface area contributed by atoms with Crippen LogP contribution in [0.25, 0.3) is 55.9 Å². The number of hydrogen-bond acceptors (Lipinski definition) is 5. The number of rotatable bonds is 4. The van der Waals surface area contributed by atoms with Gasteiger partial charge in [0.05, 0.1) is 23.3 Å². The highest BCUT2D eigenvalue weighted by molar-refractivity contribution is 9.08. The minimum absolute atomic E-state index is 0.553. The summed E-state index contributed by atoms with van der Waals surface area (Å²) >= 11 is 3.56. The minimum Gasteiger partial charge on any atom is -0.493 e. The fourth-order valence-electron chi connectivity index (χ4n) is 3.99. The third kappa shape index (κ3) is 2.93. The van der Waals surface area contributed by atoms with Crippen molar-refractivity contribution >= 4 is 38.1 Å². The van der Waals surface area contributed by atoms with E-state index in [9.17, 15) is 0 Å². The molecule has 0 bridgehead atoms. The van der Waals surface area contributed by atoms with Crippen LogP contribution in [0.2, 0.25) is 0 Å². The Hall–Kier alpha value is -3.84. The van der Waals surface area contributed by atoms with Crippen LogP contribution >= 0.6 is 16.1 Å². The summed E-state index contributed by atoms with van der Waals surface area (Å²) in [6.07, 6.45) is 3.78. The second-order valence-corrected chi connectivity index (χ2v) is 8.10. The van der Waals surface area contributed by atoms with Crippen LogP contribution in [0.15, 0.2) is 88.1 Å². The number of benzene rings is 2. The van der Waals surface area contributed by atoms with Crippen LogP contribution in [0.1, 0.15) is 0 Å². The van der Waals surface area contributed by atoms with Gasteiger partial charge >= 0.3 is 0 Å². The van der Waals surface area contributed by atoms with Gasteiger partial charge in [-0.05, 0) is 35.9 Å². The van der Waals surface area contributed by atoms with Crippen LogP contribution in [0.3, 0.4) is 0 Å². The number of nitrogens with zero attached hydrogens (tertiary/aromatic N) is 3. The highest BCUT2D eigenvalue weighted by atomic mass is 79.9. The van der Waals surface area contributed by atoms with Gasteiger partial charge in [0.25, 0.3) is 0 Å². The molecule has 0 aliphatic rings. The Kier molecular flexibility index (Phi) is 4.36. The molecule has 0 aliphatic heterocycles. The van der Waals surface area contributed by atoms with Crippen molar-refractivity contribution in [2.45, 2.75) is 0 Å². The van der Waals surface area contributed by atoms with Crippen molar-refractivity contribution < 1.29 is 13.7 Å². The van der Waals surface area contributed by atoms with Gasteiger partial charge in [-0.2, -0.15) is 0 Å². The number of aromatic nitrogens is 3. The van der Waals surface area contributed by atoms with E-state index in [2.05, 4.69) is 32.4 Å². The van der Waals surface area contributed by atoms with Crippen LogP contribution in [0, 0.1) is 0 Å². The van der Waals surface area contributed by atoms with Gasteiger partial charge in [0, 0.05) is 40.4 Å². The largest absolute Gasteiger partial charge is 0.493 e. The lowest BCUT2D eigenvalue weighted by Gasteiger charge is -2.05. The molecule has 0 saturated heterocycles. The number of methoxy groups -OCH3 is 1. The van der Waals surface area contributed by atoms with E-state index in [0.717, 1.165) is 38.8 Å². The van der Waals surface area contributed by atoms with E-state index < -0.39 is 0 Å². The number of ether oxygens (including phenoxy) is 1. The van der Waals surface area contributed by atoms with Crippen molar-refractivity contribution in [3.8, 4) is 39.7 Å². The maximum atomic E-state index is 6.21. The molecule has 6 nitrogen and oxygen atoms in total. The molecule has 0 aliphatic carbocycles. The fourth-order valence-corrected chi connectivity index (χ4v) is 4.48. The molecule has 7 heteroatoms. The van der Waals surface area contributed by atoms with E-state index in [1.165, 1.54) is 0 Å². The average molecular weight is 486 g/mol. The molecule has 32 heavy (non-hydrogen) atoms. The molecule has 0 unspecified atom stereocenters. The first-order valence-corrected chi connectivity index (χ1v) is 10.7. The smallest absolute Gasteiger partial charge is 0.202 e. The molecule has 0 saturated carbocycles. The minimum atomic E-state index is 0.553. The summed E-state index contributed by atoms with van der Waals surface area (Å²) in [5.74, 6) is 1.79. The quantitative estimate of drug-likeness (QED) is 0.270. The maximum absolute atomic E-state index is 6.21. The van der Waals surface area contributed by atoms with Gasteiger partial charge < -0.3 is 13.7 Å². The Balaban J connectivity index is 1.54. The van der Waals surface area contributed by atoms with E-state index in [-0.39, 0.29) is 0 Å². The number of halogens is 1. The predicted molar refractivity (Wildman–Crippen MR) is 127 cm³/mol. The van der Waals surface area contributed by atoms with Crippen molar-refractivity contribution in [1.82, 2.24) is 13.7 Å². The van der Waals surface area contributed by atoms with Crippen LogP contribution in [-0.2, 0) is 0 Å². The van der Waals surface area contributed by atoms with E-state index >= 15 is 0 Å². The van der Waals surface area contributed by atoms with Crippen molar-refractivity contribution in [2.24, 2.45) is 0 Å². The lowest BCUT2D eigenvalue weighted by atomic mass is 10.0. The molecule has 2 aromatic carbocycles. The first kappa shape index (κ1) is 18.9. The number of furan rings is 1. The van der Waals surface area contributed by atoms with Crippen LogP contribution in [0.4, 0.5) is 0 Å². The van der Waals surface area contributed by atoms with E-state index in [1.807, 2.05) is 70.5 Å². The van der Waals surface area contributed by atoms with E-state index in [4.69, 9.17) is 13.7 Å². The van der Waals surface area contributed by atoms with Crippen molar-refractivity contribution in [1.29, 1.82) is 0 Å². The Morgan fingerprint density at radius 1 is 0.906 bits per heavy atom. The Morgan fingerprint density at radius 2 is 1.78 bits per heavy atom. The molecule has 0 spiro atoms. The summed E-state index contributed by atoms with van der Waals surface area (Å²) in [6.45, 7) is 0. The molecule has 0 N–H and O–H groups in total. The van der Waals surface area contributed by atoms with Gasteiger partial charge in [0.2, 0.25) is 5.76 Å². The normalized spacial score (nSPS) is 11.4. The number of pyridine rings is 1. The van der Waals surface area contributed by atoms with Crippen molar-refractivity contribution in [3.05, 3.63) is 79.1 Å². The SMILES string of the molecule is COc1ccc(-c2cn(Br)c3ncccc23)c2cc(-c3cc(-c4ccccc4)no3)oc12. The van der Waals surface area contributed by atoms with Gasteiger partial charge in [-0.3, -0.25) is 3.59 Å². The molecular weight excluding hydrogens is 470 g/mol. The summed E-state index contributed by atoms with van der Waals surface area (Å²) in [5.41, 5.74) is 5.27. The lowest BCUT2D eigenvalue weighted by molar-refractivity contribution is 0.405. The standard InChI is InChI=1S/C25H16BrN3O3/c1-30-21-10-9-16(19-14-29(26)25-17(19)8-5-11-27-25)18-12-22(31-24(18)21)23-13-20(28-32-23)15-6-3-2-4-7-15/h2-14H,1H3. The Morgan fingerprint density at radius 3 is 2.62 bits per heavy atom. The summed E-state index contributed by atoms with van der Waals surface area (Å²) in [5, 5.41) is 6.17. The summed E-state index contributed by atoms with van der Waals surface area (Å²) in [4.78, 5) is 4.47. The van der Waals surface area contributed by atoms with Crippen molar-refractivity contribution in [2.75, 3.05) is 7.11 Å². The van der Waals surface area contributed by atoms with Crippen LogP contribution in [-0.4, -0.2) is 20.8 Å². The Labute approximate surface area is 191 Å². The van der Waals surface area contributed by atoms with Gasteiger partial charge in [0.1, 0.15) is 5.69 Å². The fraction of sp³-hybridized carbons (Fsp3) is 0.0400. The second-order valence-electron chi connectivity index (χ2n) is 7.34. The molecule has 0 atom stereocenters. The van der Waals surface area contributed by atoms with E-state index in [1.54, 1.807) is 13.3 Å². The summed E-state index contributed by atoms with van der Waals surface area (Å²) in [7, 11) is 1.63. The highest BCUT2D eigenvalue weighted by Crippen LogP contribution is 2.42. The van der Waals surface area contributed by atoms with Gasteiger partial charge in [0.15, 0.2) is 22.7 Å². The van der Waals surface area contributed by atoms with Crippen LogP contribution in [0.5, 0.6) is 5.75 Å². The Bertz CT molecular complexity index is 1580. The summed E-state index contributed by atoms with van der Waals surface area (Å²) in [6, 6.07) is 21.7. The molecule has 156 valence electrons. The first-order chi connectivity index (χ1) is 15.7. The highest BCUT2D eigenvalue weighted by Gasteiger charge is 2.20. The molecular formula is C25H16BrN3O3. The molecule has 4 heterocycles. The third-order valence-corrected chi connectivity index (χ3v) is 6.04. The zero-order valence-electron chi connectivity index (χ0n) is 16.9.